The fourth-order valence-corrected chi connectivity index (χ4v) is 3.54. The van der Waals surface area contributed by atoms with Gasteiger partial charge in [0.2, 0.25) is 5.91 Å². The number of hydrogen-bond donors (Lipinski definition) is 1. The van der Waals surface area contributed by atoms with Crippen LogP contribution in [-0.4, -0.2) is 38.4 Å². The molecule has 25 heavy (non-hydrogen) atoms. The van der Waals surface area contributed by atoms with Crippen LogP contribution in [0.2, 0.25) is 0 Å². The van der Waals surface area contributed by atoms with Crippen molar-refractivity contribution in [3.63, 3.8) is 0 Å². The summed E-state index contributed by atoms with van der Waals surface area (Å²) in [4.78, 5) is 12.3. The lowest BCUT2D eigenvalue weighted by Crippen LogP contribution is -2.33. The fraction of sp³-hybridized carbons (Fsp3) is 0.450. The van der Waals surface area contributed by atoms with E-state index < -0.39 is 0 Å². The monoisotopic (exact) mass is 341 g/mol. The third kappa shape index (κ3) is 3.62. The standard InChI is InChI=1S/C20H23NO4/c22-19(13-25-15-9-11-23-12-15)21-18-6-3-10-24-20-16-5-2-1-4-14(16)7-8-17(18)20/h1-2,4-5,7-8,15,18H,3,6,9-13H2,(H,21,22)/t15-,18-/m0/s1. The summed E-state index contributed by atoms with van der Waals surface area (Å²) in [6.07, 6.45) is 2.67. The minimum atomic E-state index is -0.0853. The molecule has 1 N–H and O–H groups in total. The number of nitrogens with one attached hydrogen (secondary N) is 1. The maximum absolute atomic E-state index is 12.3. The maximum Gasteiger partial charge on any atom is 0.246 e. The van der Waals surface area contributed by atoms with Crippen LogP contribution in [0.5, 0.6) is 5.75 Å². The number of hydrogen-bond acceptors (Lipinski definition) is 4. The van der Waals surface area contributed by atoms with E-state index in [0.717, 1.165) is 41.3 Å². The molecule has 5 heteroatoms. The number of fused-ring (bicyclic) bond motifs is 3. The van der Waals surface area contributed by atoms with Crippen molar-refractivity contribution in [2.75, 3.05) is 26.4 Å². The van der Waals surface area contributed by atoms with Gasteiger partial charge in [-0.2, -0.15) is 0 Å². The molecular weight excluding hydrogens is 318 g/mol. The molecule has 0 spiro atoms. The molecular formula is C20H23NO4. The van der Waals surface area contributed by atoms with Gasteiger partial charge in [-0.3, -0.25) is 4.79 Å². The number of rotatable bonds is 4. The minimum Gasteiger partial charge on any atom is -0.493 e. The summed E-state index contributed by atoms with van der Waals surface area (Å²) in [5.41, 5.74) is 1.05. The first-order valence-electron chi connectivity index (χ1n) is 8.94. The SMILES string of the molecule is O=C(CO[C@H]1CCOC1)N[C@H]1CCCOc2c1ccc1ccccc21. The second-order valence-electron chi connectivity index (χ2n) is 6.61. The quantitative estimate of drug-likeness (QED) is 0.929. The van der Waals surface area contributed by atoms with Gasteiger partial charge in [-0.25, -0.2) is 0 Å². The van der Waals surface area contributed by atoms with Crippen LogP contribution in [-0.2, 0) is 14.3 Å². The molecule has 0 radical (unpaired) electrons. The van der Waals surface area contributed by atoms with Crippen LogP contribution < -0.4 is 10.1 Å². The molecule has 2 aromatic carbocycles. The number of benzene rings is 2. The van der Waals surface area contributed by atoms with Crippen molar-refractivity contribution in [3.05, 3.63) is 42.0 Å². The Bertz CT molecular complexity index is 754. The zero-order valence-corrected chi connectivity index (χ0v) is 14.2. The average Bonchev–Trinajstić information content (AvgIpc) is 3.08. The van der Waals surface area contributed by atoms with Crippen molar-refractivity contribution in [2.24, 2.45) is 0 Å². The summed E-state index contributed by atoms with van der Waals surface area (Å²) in [5.74, 6) is 0.809. The van der Waals surface area contributed by atoms with Crippen molar-refractivity contribution in [1.82, 2.24) is 5.32 Å². The summed E-state index contributed by atoms with van der Waals surface area (Å²) in [5, 5.41) is 5.37. The topological polar surface area (TPSA) is 56.8 Å². The summed E-state index contributed by atoms with van der Waals surface area (Å²) in [7, 11) is 0. The smallest absolute Gasteiger partial charge is 0.246 e. The van der Waals surface area contributed by atoms with E-state index in [9.17, 15) is 4.79 Å². The predicted molar refractivity (Wildman–Crippen MR) is 94.7 cm³/mol. The Labute approximate surface area is 147 Å². The Morgan fingerprint density at radius 2 is 2.08 bits per heavy atom. The predicted octanol–water partition coefficient (Wildman–Crippen LogP) is 2.98. The average molecular weight is 341 g/mol. The van der Waals surface area contributed by atoms with E-state index in [1.807, 2.05) is 12.1 Å². The molecule has 0 unspecified atom stereocenters. The minimum absolute atomic E-state index is 0.0412. The molecule has 132 valence electrons. The Balaban J connectivity index is 1.50. The molecule has 5 nitrogen and oxygen atoms in total. The van der Waals surface area contributed by atoms with Crippen molar-refractivity contribution < 1.29 is 19.0 Å². The first-order chi connectivity index (χ1) is 12.3. The van der Waals surface area contributed by atoms with Crippen LogP contribution in [0, 0.1) is 0 Å². The van der Waals surface area contributed by atoms with Crippen LogP contribution >= 0.6 is 0 Å². The van der Waals surface area contributed by atoms with E-state index in [2.05, 4.69) is 29.6 Å². The molecule has 2 heterocycles. The summed E-state index contributed by atoms with van der Waals surface area (Å²) in [6.45, 7) is 2.05. The van der Waals surface area contributed by atoms with Crippen LogP contribution in [0.25, 0.3) is 10.8 Å². The van der Waals surface area contributed by atoms with E-state index >= 15 is 0 Å². The van der Waals surface area contributed by atoms with Crippen LogP contribution in [0.4, 0.5) is 0 Å². The number of amides is 1. The highest BCUT2D eigenvalue weighted by Crippen LogP contribution is 2.37. The van der Waals surface area contributed by atoms with Gasteiger partial charge in [0, 0.05) is 17.6 Å². The van der Waals surface area contributed by atoms with Crippen LogP contribution in [0.3, 0.4) is 0 Å². The highest BCUT2D eigenvalue weighted by molar-refractivity contribution is 5.90. The lowest BCUT2D eigenvalue weighted by molar-refractivity contribution is -0.128. The van der Waals surface area contributed by atoms with Crippen LogP contribution in [0.15, 0.2) is 36.4 Å². The Morgan fingerprint density at radius 3 is 2.96 bits per heavy atom. The lowest BCUT2D eigenvalue weighted by atomic mass is 9.98. The summed E-state index contributed by atoms with van der Waals surface area (Å²) < 4.78 is 16.9. The molecule has 0 aliphatic carbocycles. The molecule has 2 atom stereocenters. The van der Waals surface area contributed by atoms with Crippen molar-refractivity contribution in [3.8, 4) is 5.75 Å². The second-order valence-corrected chi connectivity index (χ2v) is 6.61. The molecule has 2 aliphatic heterocycles. The third-order valence-corrected chi connectivity index (χ3v) is 4.84. The highest BCUT2D eigenvalue weighted by atomic mass is 16.5. The summed E-state index contributed by atoms with van der Waals surface area (Å²) >= 11 is 0. The molecule has 1 fully saturated rings. The molecule has 0 saturated carbocycles. The zero-order valence-electron chi connectivity index (χ0n) is 14.2. The molecule has 0 bridgehead atoms. The van der Waals surface area contributed by atoms with Gasteiger partial charge in [0.25, 0.3) is 0 Å². The highest BCUT2D eigenvalue weighted by Gasteiger charge is 2.24. The van der Waals surface area contributed by atoms with E-state index in [0.29, 0.717) is 19.8 Å². The maximum atomic E-state index is 12.3. The van der Waals surface area contributed by atoms with E-state index in [4.69, 9.17) is 14.2 Å². The van der Waals surface area contributed by atoms with Crippen molar-refractivity contribution in [2.45, 2.75) is 31.4 Å². The van der Waals surface area contributed by atoms with Gasteiger partial charge in [-0.1, -0.05) is 36.4 Å². The largest absolute Gasteiger partial charge is 0.493 e. The van der Waals surface area contributed by atoms with Gasteiger partial charge in [0.1, 0.15) is 12.4 Å². The lowest BCUT2D eigenvalue weighted by Gasteiger charge is -2.20. The van der Waals surface area contributed by atoms with Gasteiger partial charge in [0.05, 0.1) is 25.4 Å². The normalized spacial score (nSPS) is 22.9. The van der Waals surface area contributed by atoms with Crippen molar-refractivity contribution >= 4 is 16.7 Å². The Morgan fingerprint density at radius 1 is 1.16 bits per heavy atom. The van der Waals surface area contributed by atoms with Gasteiger partial charge in [-0.15, -0.1) is 0 Å². The zero-order chi connectivity index (χ0) is 17.1. The fourth-order valence-electron chi connectivity index (χ4n) is 3.54. The Hall–Kier alpha value is -2.11. The van der Waals surface area contributed by atoms with Gasteiger partial charge in [0.15, 0.2) is 0 Å². The molecule has 0 aromatic heterocycles. The molecule has 2 aliphatic rings. The third-order valence-electron chi connectivity index (χ3n) is 4.84. The summed E-state index contributed by atoms with van der Waals surface area (Å²) in [6, 6.07) is 12.3. The van der Waals surface area contributed by atoms with Crippen LogP contribution in [0.1, 0.15) is 30.9 Å². The van der Waals surface area contributed by atoms with Gasteiger partial charge >= 0.3 is 0 Å². The molecule has 2 aromatic rings. The second kappa shape index (κ2) is 7.42. The molecule has 1 saturated heterocycles. The number of carbonyl (C=O) groups is 1. The first kappa shape index (κ1) is 16.4. The van der Waals surface area contributed by atoms with Crippen molar-refractivity contribution in [1.29, 1.82) is 0 Å². The first-order valence-corrected chi connectivity index (χ1v) is 8.94. The number of carbonyl (C=O) groups excluding carboxylic acids is 1. The molecule has 4 rings (SSSR count). The molecule has 1 amide bonds. The van der Waals surface area contributed by atoms with Gasteiger partial charge in [-0.05, 0) is 24.6 Å². The van der Waals surface area contributed by atoms with E-state index in [1.165, 1.54) is 0 Å². The van der Waals surface area contributed by atoms with Gasteiger partial charge < -0.3 is 19.5 Å². The number of ether oxygens (including phenoxy) is 3. The van der Waals surface area contributed by atoms with E-state index in [-0.39, 0.29) is 24.7 Å². The van der Waals surface area contributed by atoms with E-state index in [1.54, 1.807) is 0 Å². The Kier molecular flexibility index (Phi) is 4.85.